The fourth-order valence-electron chi connectivity index (χ4n) is 1.98. The van der Waals surface area contributed by atoms with Gasteiger partial charge in [-0.1, -0.05) is 49.5 Å². The van der Waals surface area contributed by atoms with Gasteiger partial charge in [0.1, 0.15) is 0 Å². The van der Waals surface area contributed by atoms with Gasteiger partial charge in [-0.05, 0) is 31.1 Å². The van der Waals surface area contributed by atoms with Crippen LogP contribution in [-0.4, -0.2) is 4.98 Å². The second-order valence-electron chi connectivity index (χ2n) is 4.44. The van der Waals surface area contributed by atoms with Gasteiger partial charge in [0.25, 0.3) is 0 Å². The Balaban J connectivity index is 2.33. The molecule has 1 atom stereocenters. The van der Waals surface area contributed by atoms with E-state index in [1.807, 2.05) is 0 Å². The third kappa shape index (κ3) is 3.10. The van der Waals surface area contributed by atoms with Crippen molar-refractivity contribution in [2.75, 3.05) is 0 Å². The molecule has 0 fully saturated rings. The van der Waals surface area contributed by atoms with Crippen LogP contribution in [0.25, 0.3) is 5.57 Å². The Bertz CT molecular complexity index is 483. The quantitative estimate of drug-likeness (QED) is 0.728. The molecule has 0 radical (unpaired) electrons. The van der Waals surface area contributed by atoms with Gasteiger partial charge >= 0.3 is 0 Å². The molecule has 0 amide bonds. The van der Waals surface area contributed by atoms with Gasteiger partial charge in [-0.25, -0.2) is 0 Å². The molecule has 88 valence electrons. The largest absolute Gasteiger partial charge is 0.359 e. The molecule has 0 saturated carbocycles. The van der Waals surface area contributed by atoms with Crippen LogP contribution in [0.1, 0.15) is 24.7 Å². The number of rotatable bonds is 1. The van der Waals surface area contributed by atoms with Crippen LogP contribution < -0.4 is 0 Å². The maximum atomic E-state index is 3.41. The Morgan fingerprint density at radius 3 is 2.71 bits per heavy atom. The van der Waals surface area contributed by atoms with Crippen LogP contribution in [0.5, 0.6) is 0 Å². The maximum Gasteiger partial charge on any atom is 0.0420 e. The lowest BCUT2D eigenvalue weighted by molar-refractivity contribution is 0.953. The second-order valence-corrected chi connectivity index (χ2v) is 4.44. The van der Waals surface area contributed by atoms with Crippen LogP contribution in [0.4, 0.5) is 0 Å². The number of hydrogen-bond donors (Lipinski definition) is 1. The molecular formula is C16H19N. The van der Waals surface area contributed by atoms with Crippen molar-refractivity contribution in [2.24, 2.45) is 5.92 Å². The van der Waals surface area contributed by atoms with Crippen LogP contribution >= 0.6 is 0 Å². The van der Waals surface area contributed by atoms with Crippen LogP contribution in [0.3, 0.4) is 0 Å². The van der Waals surface area contributed by atoms with Gasteiger partial charge in [0.2, 0.25) is 0 Å². The molecule has 1 unspecified atom stereocenters. The summed E-state index contributed by atoms with van der Waals surface area (Å²) < 4.78 is 0. The second kappa shape index (κ2) is 5.53. The van der Waals surface area contributed by atoms with Crippen molar-refractivity contribution in [3.8, 4) is 0 Å². The number of H-pyrrole nitrogens is 1. The molecule has 0 aliphatic heterocycles. The van der Waals surface area contributed by atoms with Gasteiger partial charge in [0.05, 0.1) is 0 Å². The highest BCUT2D eigenvalue weighted by Crippen LogP contribution is 2.24. The standard InChI is InChI=1S/C16H19N/c1-13-9-7-5-3-4-6-8-10-15(13)16-12-11-14(2)17-16/h3,5-13,17H,4H2,1-2H3/b5-3-,8-6-,9-7-,15-10+. The maximum absolute atomic E-state index is 3.41. The highest BCUT2D eigenvalue weighted by molar-refractivity contribution is 5.68. The predicted octanol–water partition coefficient (Wildman–Crippen LogP) is 4.41. The molecule has 1 nitrogen and oxygen atoms in total. The third-order valence-corrected chi connectivity index (χ3v) is 2.96. The number of aromatic amines is 1. The van der Waals surface area contributed by atoms with E-state index in [2.05, 4.69) is 73.5 Å². The van der Waals surface area contributed by atoms with E-state index in [1.165, 1.54) is 17.0 Å². The van der Waals surface area contributed by atoms with Crippen LogP contribution in [0, 0.1) is 12.8 Å². The Hall–Kier alpha value is -1.76. The molecule has 2 rings (SSSR count). The zero-order chi connectivity index (χ0) is 12.1. The molecule has 0 aromatic carbocycles. The average Bonchev–Trinajstić information content (AvgIpc) is 2.74. The summed E-state index contributed by atoms with van der Waals surface area (Å²) in [7, 11) is 0. The lowest BCUT2D eigenvalue weighted by atomic mass is 9.96. The number of hydrogen-bond acceptors (Lipinski definition) is 0. The molecular weight excluding hydrogens is 206 g/mol. The fourth-order valence-corrected chi connectivity index (χ4v) is 1.98. The third-order valence-electron chi connectivity index (χ3n) is 2.96. The van der Waals surface area contributed by atoms with Crippen LogP contribution in [0.15, 0.2) is 54.7 Å². The van der Waals surface area contributed by atoms with E-state index in [0.29, 0.717) is 5.92 Å². The first-order valence-corrected chi connectivity index (χ1v) is 6.13. The zero-order valence-electron chi connectivity index (χ0n) is 10.5. The molecule has 1 aromatic heterocycles. The summed E-state index contributed by atoms with van der Waals surface area (Å²) in [6.45, 7) is 4.31. The van der Waals surface area contributed by atoms with Crippen molar-refractivity contribution in [2.45, 2.75) is 20.3 Å². The lowest BCUT2D eigenvalue weighted by Crippen LogP contribution is -1.96. The van der Waals surface area contributed by atoms with E-state index in [4.69, 9.17) is 0 Å². The van der Waals surface area contributed by atoms with Crippen molar-refractivity contribution in [1.82, 2.24) is 4.98 Å². The summed E-state index contributed by atoms with van der Waals surface area (Å²) in [5, 5.41) is 0. The van der Waals surface area contributed by atoms with Gasteiger partial charge in [-0.15, -0.1) is 0 Å². The lowest BCUT2D eigenvalue weighted by Gasteiger charge is -2.10. The average molecular weight is 225 g/mol. The Morgan fingerprint density at radius 2 is 1.94 bits per heavy atom. The van der Waals surface area contributed by atoms with Gasteiger partial charge in [0, 0.05) is 17.3 Å². The summed E-state index contributed by atoms with van der Waals surface area (Å²) in [5.41, 5.74) is 3.76. The summed E-state index contributed by atoms with van der Waals surface area (Å²) in [6.07, 6.45) is 16.2. The SMILES string of the molecule is Cc1ccc(/C2=C/C=C\C/C=C\C=C/C2C)[nH]1. The van der Waals surface area contributed by atoms with Gasteiger partial charge in [-0.2, -0.15) is 0 Å². The first kappa shape index (κ1) is 11.7. The first-order valence-electron chi connectivity index (χ1n) is 6.13. The zero-order valence-corrected chi connectivity index (χ0v) is 10.5. The number of aromatic nitrogens is 1. The fraction of sp³-hybridized carbons (Fsp3) is 0.250. The van der Waals surface area contributed by atoms with Crippen LogP contribution in [-0.2, 0) is 0 Å². The molecule has 0 bridgehead atoms. The molecule has 1 heterocycles. The van der Waals surface area contributed by atoms with E-state index in [1.54, 1.807) is 0 Å². The van der Waals surface area contributed by atoms with Gasteiger partial charge < -0.3 is 4.98 Å². The molecule has 0 saturated heterocycles. The van der Waals surface area contributed by atoms with E-state index < -0.39 is 0 Å². The molecule has 1 N–H and O–H groups in total. The minimum atomic E-state index is 0.417. The summed E-state index contributed by atoms with van der Waals surface area (Å²) in [6, 6.07) is 4.27. The van der Waals surface area contributed by atoms with Crippen molar-refractivity contribution in [3.05, 3.63) is 66.1 Å². The van der Waals surface area contributed by atoms with Gasteiger partial charge in [0.15, 0.2) is 0 Å². The smallest absolute Gasteiger partial charge is 0.0420 e. The predicted molar refractivity (Wildman–Crippen MR) is 74.7 cm³/mol. The summed E-state index contributed by atoms with van der Waals surface area (Å²) >= 11 is 0. The molecule has 17 heavy (non-hydrogen) atoms. The molecule has 1 aliphatic carbocycles. The van der Waals surface area contributed by atoms with Crippen molar-refractivity contribution >= 4 is 5.57 Å². The molecule has 1 aliphatic rings. The highest BCUT2D eigenvalue weighted by Gasteiger charge is 2.08. The normalized spacial score (nSPS) is 29.1. The summed E-state index contributed by atoms with van der Waals surface area (Å²) in [5.74, 6) is 0.417. The Morgan fingerprint density at radius 1 is 1.12 bits per heavy atom. The van der Waals surface area contributed by atoms with Gasteiger partial charge in [-0.3, -0.25) is 0 Å². The van der Waals surface area contributed by atoms with Crippen molar-refractivity contribution in [1.29, 1.82) is 0 Å². The Labute approximate surface area is 103 Å². The number of aryl methyl sites for hydroxylation is 1. The van der Waals surface area contributed by atoms with Crippen molar-refractivity contribution < 1.29 is 0 Å². The molecule has 0 spiro atoms. The first-order chi connectivity index (χ1) is 8.27. The summed E-state index contributed by atoms with van der Waals surface area (Å²) in [4.78, 5) is 3.41. The number of nitrogens with one attached hydrogen (secondary N) is 1. The molecule has 1 aromatic rings. The monoisotopic (exact) mass is 225 g/mol. The highest BCUT2D eigenvalue weighted by atomic mass is 14.7. The van der Waals surface area contributed by atoms with E-state index in [-0.39, 0.29) is 0 Å². The van der Waals surface area contributed by atoms with Crippen LogP contribution in [0.2, 0.25) is 0 Å². The topological polar surface area (TPSA) is 15.8 Å². The van der Waals surface area contributed by atoms with Crippen molar-refractivity contribution in [3.63, 3.8) is 0 Å². The minimum absolute atomic E-state index is 0.417. The number of allylic oxidation sites excluding steroid dienone is 8. The van der Waals surface area contributed by atoms with E-state index in [9.17, 15) is 0 Å². The minimum Gasteiger partial charge on any atom is -0.359 e. The van der Waals surface area contributed by atoms with E-state index >= 15 is 0 Å². The molecule has 1 heteroatoms. The van der Waals surface area contributed by atoms with E-state index in [0.717, 1.165) is 6.42 Å². The Kier molecular flexibility index (Phi) is 3.81.